The molecular weight excluding hydrogens is 116 g/mol. The summed E-state index contributed by atoms with van der Waals surface area (Å²) in [7, 11) is 3.77. The number of rotatable bonds is 1. The van der Waals surface area contributed by atoms with E-state index in [1.165, 1.54) is 0 Å². The third kappa shape index (κ3) is 1.41. The highest BCUT2D eigenvalue weighted by atomic mass is 16.5. The number of hydrogen-bond acceptors (Lipinski definition) is 3. The van der Waals surface area contributed by atoms with E-state index in [1.807, 2.05) is 0 Å². The van der Waals surface area contributed by atoms with Gasteiger partial charge in [0.2, 0.25) is 0 Å². The molecule has 0 saturated carbocycles. The van der Waals surface area contributed by atoms with Crippen molar-refractivity contribution in [3.63, 3.8) is 0 Å². The molecule has 0 aliphatic carbocycles. The van der Waals surface area contributed by atoms with Crippen molar-refractivity contribution in [2.45, 2.75) is 12.1 Å². The van der Waals surface area contributed by atoms with E-state index in [9.17, 15) is 0 Å². The van der Waals surface area contributed by atoms with Gasteiger partial charge in [-0.1, -0.05) is 0 Å². The van der Waals surface area contributed by atoms with Crippen LogP contribution in [-0.4, -0.2) is 44.3 Å². The van der Waals surface area contributed by atoms with Gasteiger partial charge in [0.1, 0.15) is 0 Å². The van der Waals surface area contributed by atoms with Crippen LogP contribution in [0.25, 0.3) is 0 Å². The largest absolute Gasteiger partial charge is 0.378 e. The Kier molecular flexibility index (Phi) is 2.05. The van der Waals surface area contributed by atoms with Crippen molar-refractivity contribution in [1.29, 1.82) is 0 Å². The minimum absolute atomic E-state index is 0.208. The minimum atomic E-state index is 0.208. The first-order valence-electron chi connectivity index (χ1n) is 3.21. The van der Waals surface area contributed by atoms with Gasteiger partial charge >= 0.3 is 0 Å². The molecule has 9 heavy (non-hydrogen) atoms. The molecule has 1 aliphatic heterocycles. The quantitative estimate of drug-likeness (QED) is 0.509. The van der Waals surface area contributed by atoms with Gasteiger partial charge in [-0.05, 0) is 7.05 Å². The molecule has 2 N–H and O–H groups in total. The fourth-order valence-corrected chi connectivity index (χ4v) is 1.24. The van der Waals surface area contributed by atoms with Crippen LogP contribution in [0.2, 0.25) is 0 Å². The Morgan fingerprint density at radius 2 is 2.22 bits per heavy atom. The summed E-state index contributed by atoms with van der Waals surface area (Å²) < 4.78 is 5.13. The van der Waals surface area contributed by atoms with Crippen molar-refractivity contribution in [3.8, 4) is 0 Å². The highest BCUT2D eigenvalue weighted by molar-refractivity contribution is 4.85. The smallest absolute Gasteiger partial charge is 0.0861 e. The van der Waals surface area contributed by atoms with Gasteiger partial charge in [-0.25, -0.2) is 0 Å². The topological polar surface area (TPSA) is 38.5 Å². The molecule has 0 unspecified atom stereocenters. The maximum atomic E-state index is 5.71. The molecule has 0 aromatic heterocycles. The molecule has 0 bridgehead atoms. The van der Waals surface area contributed by atoms with Crippen LogP contribution in [-0.2, 0) is 4.74 Å². The van der Waals surface area contributed by atoms with Crippen LogP contribution in [0.1, 0.15) is 0 Å². The monoisotopic (exact) mass is 130 g/mol. The maximum absolute atomic E-state index is 5.71. The fourth-order valence-electron chi connectivity index (χ4n) is 1.24. The first-order chi connectivity index (χ1) is 4.24. The number of nitrogens with zero attached hydrogens (tertiary/aromatic N) is 1. The van der Waals surface area contributed by atoms with E-state index in [1.54, 1.807) is 7.11 Å². The normalized spacial score (nSPS) is 37.7. The summed E-state index contributed by atoms with van der Waals surface area (Å²) >= 11 is 0. The second kappa shape index (κ2) is 2.64. The first kappa shape index (κ1) is 6.99. The molecule has 1 heterocycles. The summed E-state index contributed by atoms with van der Waals surface area (Å²) in [5, 5.41) is 0. The number of methoxy groups -OCH3 is 1. The van der Waals surface area contributed by atoms with Crippen molar-refractivity contribution >= 4 is 0 Å². The van der Waals surface area contributed by atoms with Gasteiger partial charge in [0.05, 0.1) is 6.10 Å². The molecule has 0 aromatic carbocycles. The average Bonchev–Trinajstić information content (AvgIpc) is 2.10. The fraction of sp³-hybridized carbons (Fsp3) is 1.00. The SMILES string of the molecule is CO[C@@H]1CN(C)C[C@@H]1N. The van der Waals surface area contributed by atoms with Crippen molar-refractivity contribution in [2.75, 3.05) is 27.2 Å². The molecule has 54 valence electrons. The van der Waals surface area contributed by atoms with Gasteiger partial charge < -0.3 is 15.4 Å². The van der Waals surface area contributed by atoms with E-state index < -0.39 is 0 Å². The lowest BCUT2D eigenvalue weighted by atomic mass is 10.2. The zero-order valence-corrected chi connectivity index (χ0v) is 6.00. The highest BCUT2D eigenvalue weighted by Crippen LogP contribution is 2.07. The zero-order valence-electron chi connectivity index (χ0n) is 6.00. The Morgan fingerprint density at radius 3 is 2.44 bits per heavy atom. The predicted octanol–water partition coefficient (Wildman–Crippen LogP) is -0.726. The van der Waals surface area contributed by atoms with Gasteiger partial charge in [0, 0.05) is 26.2 Å². The highest BCUT2D eigenvalue weighted by Gasteiger charge is 2.26. The molecule has 0 amide bonds. The van der Waals surface area contributed by atoms with E-state index in [-0.39, 0.29) is 12.1 Å². The van der Waals surface area contributed by atoms with Crippen LogP contribution in [0.3, 0.4) is 0 Å². The van der Waals surface area contributed by atoms with Crippen LogP contribution >= 0.6 is 0 Å². The summed E-state index contributed by atoms with van der Waals surface area (Å²) in [4.78, 5) is 2.18. The second-order valence-electron chi connectivity index (χ2n) is 2.66. The Bertz CT molecular complexity index is 97.1. The number of likely N-dealkylation sites (N-methyl/N-ethyl adjacent to an activating group) is 1. The molecule has 0 aromatic rings. The lowest BCUT2D eigenvalue weighted by Gasteiger charge is -2.10. The van der Waals surface area contributed by atoms with Gasteiger partial charge in [0.25, 0.3) is 0 Å². The third-order valence-electron chi connectivity index (χ3n) is 1.79. The van der Waals surface area contributed by atoms with Crippen molar-refractivity contribution < 1.29 is 4.74 Å². The van der Waals surface area contributed by atoms with Crippen LogP contribution < -0.4 is 5.73 Å². The summed E-state index contributed by atoms with van der Waals surface area (Å²) in [6.07, 6.45) is 0.245. The molecule has 0 radical (unpaired) electrons. The molecule has 3 heteroatoms. The zero-order chi connectivity index (χ0) is 6.85. The van der Waals surface area contributed by atoms with Crippen LogP contribution in [0.5, 0.6) is 0 Å². The first-order valence-corrected chi connectivity index (χ1v) is 3.21. The van der Waals surface area contributed by atoms with E-state index in [0.717, 1.165) is 13.1 Å². The lowest BCUT2D eigenvalue weighted by molar-refractivity contribution is 0.100. The molecule has 2 atom stereocenters. The van der Waals surface area contributed by atoms with E-state index in [0.29, 0.717) is 0 Å². The third-order valence-corrected chi connectivity index (χ3v) is 1.79. The van der Waals surface area contributed by atoms with E-state index in [4.69, 9.17) is 10.5 Å². The maximum Gasteiger partial charge on any atom is 0.0861 e. The molecular formula is C6H14N2O. The summed E-state index contributed by atoms with van der Waals surface area (Å²) in [6, 6.07) is 0.208. The Balaban J connectivity index is 2.38. The molecule has 1 rings (SSSR count). The van der Waals surface area contributed by atoms with E-state index in [2.05, 4.69) is 11.9 Å². The summed E-state index contributed by atoms with van der Waals surface area (Å²) in [6.45, 7) is 1.93. The summed E-state index contributed by atoms with van der Waals surface area (Å²) in [5.41, 5.74) is 5.71. The van der Waals surface area contributed by atoms with Gasteiger partial charge in [-0.3, -0.25) is 0 Å². The van der Waals surface area contributed by atoms with Crippen LogP contribution in [0, 0.1) is 0 Å². The number of ether oxygens (including phenoxy) is 1. The molecule has 1 fully saturated rings. The van der Waals surface area contributed by atoms with Gasteiger partial charge in [-0.2, -0.15) is 0 Å². The van der Waals surface area contributed by atoms with Gasteiger partial charge in [0.15, 0.2) is 0 Å². The number of nitrogens with two attached hydrogens (primary N) is 1. The predicted molar refractivity (Wildman–Crippen MR) is 36.3 cm³/mol. The summed E-state index contributed by atoms with van der Waals surface area (Å²) in [5.74, 6) is 0. The van der Waals surface area contributed by atoms with E-state index >= 15 is 0 Å². The standard InChI is InChI=1S/C6H14N2O/c1-8-3-5(7)6(4-8)9-2/h5-6H,3-4,7H2,1-2H3/t5-,6+/m0/s1. The van der Waals surface area contributed by atoms with Crippen LogP contribution in [0.15, 0.2) is 0 Å². The van der Waals surface area contributed by atoms with Crippen molar-refractivity contribution in [1.82, 2.24) is 4.90 Å². The Labute approximate surface area is 55.8 Å². The Hall–Kier alpha value is -0.120. The lowest BCUT2D eigenvalue weighted by Crippen LogP contribution is -2.34. The van der Waals surface area contributed by atoms with Crippen molar-refractivity contribution in [2.24, 2.45) is 5.73 Å². The minimum Gasteiger partial charge on any atom is -0.378 e. The van der Waals surface area contributed by atoms with Crippen LogP contribution in [0.4, 0.5) is 0 Å². The second-order valence-corrected chi connectivity index (χ2v) is 2.66. The van der Waals surface area contributed by atoms with Crippen molar-refractivity contribution in [3.05, 3.63) is 0 Å². The molecule has 0 spiro atoms. The van der Waals surface area contributed by atoms with Gasteiger partial charge in [-0.15, -0.1) is 0 Å². The molecule has 1 saturated heterocycles. The number of hydrogen-bond donors (Lipinski definition) is 1. The number of likely N-dealkylation sites (tertiary alicyclic amines) is 1. The molecule has 3 nitrogen and oxygen atoms in total. The average molecular weight is 130 g/mol. The molecule has 1 aliphatic rings. The Morgan fingerprint density at radius 1 is 1.56 bits per heavy atom.